The molecule has 1 amide bonds. The van der Waals surface area contributed by atoms with Crippen LogP contribution in [0.4, 0.5) is 14.9 Å². The number of nitrogens with zero attached hydrogens (tertiary/aromatic N) is 3. The van der Waals surface area contributed by atoms with Gasteiger partial charge >= 0.3 is 12.1 Å². The zero-order chi connectivity index (χ0) is 28.0. The number of aromatic carboxylic acids is 1. The third-order valence-electron chi connectivity index (χ3n) is 8.21. The number of piperidine rings is 1. The fraction of sp³-hybridized carbons (Fsp3) is 0.312. The summed E-state index contributed by atoms with van der Waals surface area (Å²) in [6, 6.07) is 19.7. The second-order valence-corrected chi connectivity index (χ2v) is 11.2. The highest BCUT2D eigenvalue weighted by atomic mass is 19.1. The topological polar surface area (TPSA) is 75.0 Å². The predicted molar refractivity (Wildman–Crippen MR) is 152 cm³/mol. The molecular formula is C32H32FN3O4. The number of halogens is 1. The molecule has 40 heavy (non-hydrogen) atoms. The molecule has 2 fully saturated rings. The lowest BCUT2D eigenvalue weighted by Gasteiger charge is -2.37. The van der Waals surface area contributed by atoms with Gasteiger partial charge in [0.1, 0.15) is 11.4 Å². The van der Waals surface area contributed by atoms with Gasteiger partial charge in [-0.05, 0) is 79.1 Å². The van der Waals surface area contributed by atoms with Crippen LogP contribution in [-0.2, 0) is 11.3 Å². The van der Waals surface area contributed by atoms with Gasteiger partial charge in [0.05, 0.1) is 12.1 Å². The number of benzene rings is 3. The molecule has 0 saturated carbocycles. The number of hydrogen-bond donors (Lipinski definition) is 1. The Morgan fingerprint density at radius 2 is 1.68 bits per heavy atom. The predicted octanol–water partition coefficient (Wildman–Crippen LogP) is 6.72. The van der Waals surface area contributed by atoms with E-state index in [4.69, 9.17) is 9.84 Å². The van der Waals surface area contributed by atoms with E-state index in [0.29, 0.717) is 18.3 Å². The molecule has 6 rings (SSSR count). The molecule has 206 valence electrons. The average molecular weight is 542 g/mol. The van der Waals surface area contributed by atoms with Crippen LogP contribution in [0, 0.1) is 5.82 Å². The van der Waals surface area contributed by atoms with Crippen LogP contribution in [0.15, 0.2) is 72.9 Å². The van der Waals surface area contributed by atoms with Crippen LogP contribution in [0.25, 0.3) is 22.0 Å². The number of aromatic nitrogens is 1. The summed E-state index contributed by atoms with van der Waals surface area (Å²) in [7, 11) is 0. The Hall–Kier alpha value is -4.17. The van der Waals surface area contributed by atoms with Crippen molar-refractivity contribution < 1.29 is 23.8 Å². The number of likely N-dealkylation sites (tertiary alicyclic amines) is 1. The Morgan fingerprint density at radius 3 is 2.33 bits per heavy atom. The Labute approximate surface area is 232 Å². The Bertz CT molecular complexity index is 1570. The Balaban J connectivity index is 1.18. The summed E-state index contributed by atoms with van der Waals surface area (Å²) in [5.41, 5.74) is 4.75. The molecule has 0 aliphatic carbocycles. The first-order valence-electron chi connectivity index (χ1n) is 13.7. The van der Waals surface area contributed by atoms with Crippen molar-refractivity contribution in [1.82, 2.24) is 9.47 Å². The maximum atomic E-state index is 13.5. The van der Waals surface area contributed by atoms with Gasteiger partial charge in [-0.15, -0.1) is 0 Å². The van der Waals surface area contributed by atoms with Crippen LogP contribution >= 0.6 is 0 Å². The zero-order valence-electron chi connectivity index (χ0n) is 22.6. The summed E-state index contributed by atoms with van der Waals surface area (Å²) in [5.74, 6) is -1.24. The minimum absolute atomic E-state index is 0.183. The first-order chi connectivity index (χ1) is 19.2. The average Bonchev–Trinajstić information content (AvgIpc) is 3.47. The van der Waals surface area contributed by atoms with Crippen LogP contribution in [0.2, 0.25) is 0 Å². The molecule has 2 aliphatic rings. The number of carbonyl (C=O) groups excluding carboxylic acids is 1. The van der Waals surface area contributed by atoms with Crippen LogP contribution in [-0.4, -0.2) is 51.9 Å². The molecule has 1 N–H and O–H groups in total. The van der Waals surface area contributed by atoms with Gasteiger partial charge in [0.15, 0.2) is 0 Å². The fourth-order valence-electron chi connectivity index (χ4n) is 5.93. The van der Waals surface area contributed by atoms with Gasteiger partial charge in [0.25, 0.3) is 0 Å². The molecule has 0 atom stereocenters. The molecule has 1 spiro atoms. The first-order valence-corrected chi connectivity index (χ1v) is 13.7. The monoisotopic (exact) mass is 541 g/mol. The maximum Gasteiger partial charge on any atom is 0.415 e. The van der Waals surface area contributed by atoms with Crippen LogP contribution in [0.5, 0.6) is 0 Å². The van der Waals surface area contributed by atoms with E-state index in [-0.39, 0.29) is 17.5 Å². The standard InChI is InChI=1S/C32H32FN3O4/c1-21(2)35-19-25(28-17-24(7-12-29(28)35)22-3-8-26(33)9-4-22)18-34-15-13-32(14-16-34)20-36(31(39)40-32)27-10-5-23(6-11-27)30(37)38/h3-12,17,19,21H,13-16,18,20H2,1-2H3,(H,37,38). The van der Waals surface area contributed by atoms with Crippen molar-refractivity contribution in [3.05, 3.63) is 89.9 Å². The molecule has 0 unspecified atom stereocenters. The largest absolute Gasteiger partial charge is 0.478 e. The third kappa shape index (κ3) is 4.84. The van der Waals surface area contributed by atoms with E-state index < -0.39 is 11.6 Å². The van der Waals surface area contributed by atoms with Crippen molar-refractivity contribution in [2.45, 2.75) is 44.9 Å². The quantitative estimate of drug-likeness (QED) is 0.293. The third-order valence-corrected chi connectivity index (χ3v) is 8.21. The van der Waals surface area contributed by atoms with Crippen LogP contribution in [0.1, 0.15) is 48.7 Å². The number of hydrogen-bond acceptors (Lipinski definition) is 4. The number of fused-ring (bicyclic) bond motifs is 1. The summed E-state index contributed by atoms with van der Waals surface area (Å²) in [6.07, 6.45) is 3.31. The normalized spacial score (nSPS) is 17.2. The van der Waals surface area contributed by atoms with Crippen LogP contribution in [0.3, 0.4) is 0 Å². The Morgan fingerprint density at radius 1 is 1.00 bits per heavy atom. The highest BCUT2D eigenvalue weighted by Crippen LogP contribution is 2.37. The lowest BCUT2D eigenvalue weighted by Crippen LogP contribution is -2.46. The van der Waals surface area contributed by atoms with Crippen molar-refractivity contribution >= 4 is 28.7 Å². The maximum absolute atomic E-state index is 13.5. The highest BCUT2D eigenvalue weighted by molar-refractivity contribution is 5.92. The van der Waals surface area contributed by atoms with E-state index in [1.54, 1.807) is 17.0 Å². The highest BCUT2D eigenvalue weighted by Gasteiger charge is 2.47. The molecule has 0 bridgehead atoms. The molecule has 0 radical (unpaired) electrons. The number of amides is 1. The van der Waals surface area contributed by atoms with Crippen LogP contribution < -0.4 is 4.90 Å². The van der Waals surface area contributed by atoms with Crippen molar-refractivity contribution in [3.63, 3.8) is 0 Å². The van der Waals surface area contributed by atoms with E-state index in [0.717, 1.165) is 43.6 Å². The molecule has 3 heterocycles. The molecule has 2 saturated heterocycles. The number of anilines is 1. The summed E-state index contributed by atoms with van der Waals surface area (Å²) in [4.78, 5) is 28.0. The minimum Gasteiger partial charge on any atom is -0.478 e. The molecular weight excluding hydrogens is 509 g/mol. The van der Waals surface area contributed by atoms with E-state index in [1.807, 2.05) is 12.1 Å². The number of carboxylic acid groups (broad SMARTS) is 1. The molecule has 1 aromatic heterocycles. The van der Waals surface area contributed by atoms with Gasteiger partial charge in [-0.25, -0.2) is 14.0 Å². The zero-order valence-corrected chi connectivity index (χ0v) is 22.6. The smallest absolute Gasteiger partial charge is 0.415 e. The molecule has 7 nitrogen and oxygen atoms in total. The van der Waals surface area contributed by atoms with Gasteiger partial charge in [-0.1, -0.05) is 18.2 Å². The summed E-state index contributed by atoms with van der Waals surface area (Å²) in [5, 5.41) is 10.4. The van der Waals surface area contributed by atoms with Crippen molar-refractivity contribution in [3.8, 4) is 11.1 Å². The molecule has 2 aliphatic heterocycles. The number of rotatable bonds is 6. The molecule has 8 heteroatoms. The van der Waals surface area contributed by atoms with E-state index in [9.17, 15) is 14.0 Å². The fourth-order valence-corrected chi connectivity index (χ4v) is 5.93. The minimum atomic E-state index is -0.998. The lowest BCUT2D eigenvalue weighted by atomic mass is 9.91. The summed E-state index contributed by atoms with van der Waals surface area (Å²) >= 11 is 0. The van der Waals surface area contributed by atoms with Crippen molar-refractivity contribution in [2.75, 3.05) is 24.5 Å². The van der Waals surface area contributed by atoms with E-state index in [1.165, 1.54) is 40.7 Å². The van der Waals surface area contributed by atoms with Crippen molar-refractivity contribution in [2.24, 2.45) is 0 Å². The van der Waals surface area contributed by atoms with Gasteiger partial charge < -0.3 is 14.4 Å². The number of carboxylic acids is 1. The summed E-state index contributed by atoms with van der Waals surface area (Å²) in [6.45, 7) is 7.19. The van der Waals surface area contributed by atoms with Crippen molar-refractivity contribution in [1.29, 1.82) is 0 Å². The van der Waals surface area contributed by atoms with Gasteiger partial charge in [0.2, 0.25) is 0 Å². The van der Waals surface area contributed by atoms with Gasteiger partial charge in [-0.2, -0.15) is 0 Å². The van der Waals surface area contributed by atoms with Gasteiger partial charge in [0, 0.05) is 61.3 Å². The molecule has 3 aromatic carbocycles. The first kappa shape index (κ1) is 26.1. The van der Waals surface area contributed by atoms with Gasteiger partial charge in [-0.3, -0.25) is 9.80 Å². The van der Waals surface area contributed by atoms with E-state index in [2.05, 4.69) is 47.7 Å². The SMILES string of the molecule is CC(C)n1cc(CN2CCC3(CC2)CN(c2ccc(C(=O)O)cc2)C(=O)O3)c2cc(-c3ccc(F)cc3)ccc21. The van der Waals surface area contributed by atoms with E-state index >= 15 is 0 Å². The number of carbonyl (C=O) groups is 2. The lowest BCUT2D eigenvalue weighted by molar-refractivity contribution is -0.000898. The second-order valence-electron chi connectivity index (χ2n) is 11.2. The Kier molecular flexibility index (Phi) is 6.58. The second kappa shape index (κ2) is 10.1. The molecule has 4 aromatic rings. The summed E-state index contributed by atoms with van der Waals surface area (Å²) < 4.78 is 21.7. The number of ether oxygens (including phenoxy) is 1.